The van der Waals surface area contributed by atoms with Crippen molar-refractivity contribution >= 4 is 29.0 Å². The van der Waals surface area contributed by atoms with Crippen molar-refractivity contribution in [3.8, 4) is 0 Å². The van der Waals surface area contributed by atoms with Crippen molar-refractivity contribution < 1.29 is 9.59 Å². The van der Waals surface area contributed by atoms with Gasteiger partial charge in [-0.2, -0.15) is 0 Å². The first-order valence-corrected chi connectivity index (χ1v) is 5.29. The Labute approximate surface area is 91.6 Å². The average molecular weight is 219 g/mol. The van der Waals surface area contributed by atoms with E-state index in [1.165, 1.54) is 0 Å². The van der Waals surface area contributed by atoms with E-state index in [9.17, 15) is 9.59 Å². The number of imide groups is 1. The van der Waals surface area contributed by atoms with Crippen LogP contribution in [-0.4, -0.2) is 11.1 Å². The second kappa shape index (κ2) is 3.90. The molecule has 1 aliphatic heterocycles. The fourth-order valence-corrected chi connectivity index (χ4v) is 1.98. The number of carbonyl (C=O) groups is 2. The van der Waals surface area contributed by atoms with Crippen LogP contribution in [0.3, 0.4) is 0 Å². The van der Waals surface area contributed by atoms with Crippen molar-refractivity contribution in [3.05, 3.63) is 40.3 Å². The van der Waals surface area contributed by atoms with Gasteiger partial charge in [-0.25, -0.2) is 0 Å². The van der Waals surface area contributed by atoms with E-state index in [-0.39, 0.29) is 11.1 Å². The summed E-state index contributed by atoms with van der Waals surface area (Å²) in [5.74, 6) is -0.312. The van der Waals surface area contributed by atoms with Gasteiger partial charge in [-0.3, -0.25) is 14.9 Å². The molecule has 0 bridgehead atoms. The number of thioether (sulfide) groups is 1. The fraction of sp³-hybridized carbons (Fsp3) is 0.0909. The molecule has 0 unspecified atom stereocenters. The first kappa shape index (κ1) is 9.98. The van der Waals surface area contributed by atoms with Gasteiger partial charge >= 0.3 is 0 Å². The van der Waals surface area contributed by atoms with Gasteiger partial charge in [0.15, 0.2) is 0 Å². The molecule has 1 aromatic carbocycles. The maximum absolute atomic E-state index is 11.3. The summed E-state index contributed by atoms with van der Waals surface area (Å²) in [6, 6.07) is 7.72. The van der Waals surface area contributed by atoms with Crippen LogP contribution in [0.1, 0.15) is 11.1 Å². The van der Waals surface area contributed by atoms with Crippen LogP contribution in [0.4, 0.5) is 4.79 Å². The quantitative estimate of drug-likeness (QED) is 0.737. The molecule has 15 heavy (non-hydrogen) atoms. The number of amides is 2. The molecule has 1 heterocycles. The Morgan fingerprint density at radius 2 is 2.00 bits per heavy atom. The number of carbonyl (C=O) groups excluding carboxylic acids is 2. The standard InChI is InChI=1S/C11H9NO2S/c1-7-4-2-3-5-8(7)6-9-10(13)12-11(14)15-9/h2-6H,1H3,(H,12,13,14)/b9-6+. The van der Waals surface area contributed by atoms with Gasteiger partial charge in [0.05, 0.1) is 4.91 Å². The van der Waals surface area contributed by atoms with E-state index < -0.39 is 0 Å². The minimum Gasteiger partial charge on any atom is -0.282 e. The third-order valence-electron chi connectivity index (χ3n) is 2.12. The second-order valence-electron chi connectivity index (χ2n) is 3.21. The molecule has 0 aliphatic carbocycles. The Balaban J connectivity index is 2.35. The van der Waals surface area contributed by atoms with Gasteiger partial charge in [0.25, 0.3) is 11.1 Å². The van der Waals surface area contributed by atoms with Crippen molar-refractivity contribution in [2.24, 2.45) is 0 Å². The van der Waals surface area contributed by atoms with E-state index in [0.717, 1.165) is 22.9 Å². The van der Waals surface area contributed by atoms with Gasteiger partial charge in [0.1, 0.15) is 0 Å². The van der Waals surface area contributed by atoms with E-state index in [1.807, 2.05) is 31.2 Å². The smallest absolute Gasteiger partial charge is 0.282 e. The van der Waals surface area contributed by atoms with Gasteiger partial charge in [0, 0.05) is 0 Å². The lowest BCUT2D eigenvalue weighted by Crippen LogP contribution is -2.17. The molecule has 0 saturated carbocycles. The molecule has 1 aliphatic rings. The van der Waals surface area contributed by atoms with Crippen LogP contribution < -0.4 is 5.32 Å². The monoisotopic (exact) mass is 219 g/mol. The number of benzene rings is 1. The van der Waals surface area contributed by atoms with Crippen molar-refractivity contribution in [1.29, 1.82) is 0 Å². The zero-order valence-electron chi connectivity index (χ0n) is 8.11. The molecule has 0 spiro atoms. The van der Waals surface area contributed by atoms with Crippen LogP contribution in [-0.2, 0) is 4.79 Å². The van der Waals surface area contributed by atoms with Gasteiger partial charge < -0.3 is 0 Å². The van der Waals surface area contributed by atoms with Crippen LogP contribution in [0, 0.1) is 6.92 Å². The highest BCUT2D eigenvalue weighted by Gasteiger charge is 2.24. The molecule has 2 rings (SSSR count). The van der Waals surface area contributed by atoms with Crippen LogP contribution >= 0.6 is 11.8 Å². The number of aryl methyl sites for hydroxylation is 1. The van der Waals surface area contributed by atoms with E-state index in [0.29, 0.717) is 4.91 Å². The molecule has 0 radical (unpaired) electrons. The molecule has 1 saturated heterocycles. The predicted molar refractivity (Wildman–Crippen MR) is 60.3 cm³/mol. The summed E-state index contributed by atoms with van der Waals surface area (Å²) in [6.07, 6.45) is 1.74. The lowest BCUT2D eigenvalue weighted by molar-refractivity contribution is -0.115. The van der Waals surface area contributed by atoms with E-state index in [4.69, 9.17) is 0 Å². The Hall–Kier alpha value is -1.55. The zero-order chi connectivity index (χ0) is 10.8. The summed E-state index contributed by atoms with van der Waals surface area (Å²) in [7, 11) is 0. The largest absolute Gasteiger partial charge is 0.290 e. The highest BCUT2D eigenvalue weighted by molar-refractivity contribution is 8.18. The summed E-state index contributed by atoms with van der Waals surface area (Å²) in [5.41, 5.74) is 2.04. The summed E-state index contributed by atoms with van der Waals surface area (Å²) >= 11 is 0.939. The fourth-order valence-electron chi connectivity index (χ4n) is 1.31. The number of hydrogen-bond acceptors (Lipinski definition) is 3. The maximum Gasteiger partial charge on any atom is 0.290 e. The summed E-state index contributed by atoms with van der Waals surface area (Å²) in [4.78, 5) is 22.7. The van der Waals surface area contributed by atoms with Crippen LogP contribution in [0.5, 0.6) is 0 Å². The van der Waals surface area contributed by atoms with Crippen LogP contribution in [0.25, 0.3) is 6.08 Å². The molecule has 1 aromatic rings. The molecule has 76 valence electrons. The zero-order valence-corrected chi connectivity index (χ0v) is 8.93. The average Bonchev–Trinajstić information content (AvgIpc) is 2.49. The minimum absolute atomic E-state index is 0.306. The topological polar surface area (TPSA) is 46.2 Å². The lowest BCUT2D eigenvalue weighted by Gasteiger charge is -1.99. The number of hydrogen-bond donors (Lipinski definition) is 1. The third kappa shape index (κ3) is 2.10. The highest BCUT2D eigenvalue weighted by Crippen LogP contribution is 2.26. The van der Waals surface area contributed by atoms with Crippen molar-refractivity contribution in [2.75, 3.05) is 0 Å². The van der Waals surface area contributed by atoms with Crippen molar-refractivity contribution in [1.82, 2.24) is 5.32 Å². The van der Waals surface area contributed by atoms with Crippen LogP contribution in [0.15, 0.2) is 29.2 Å². The molecule has 0 aromatic heterocycles. The molecular formula is C11H9NO2S. The second-order valence-corrected chi connectivity index (χ2v) is 4.22. The Morgan fingerprint density at radius 3 is 2.60 bits per heavy atom. The summed E-state index contributed by atoms with van der Waals surface area (Å²) in [5, 5.41) is 1.92. The molecule has 1 N–H and O–H groups in total. The molecule has 0 atom stereocenters. The van der Waals surface area contributed by atoms with E-state index in [2.05, 4.69) is 5.32 Å². The predicted octanol–water partition coefficient (Wildman–Crippen LogP) is 2.32. The van der Waals surface area contributed by atoms with Gasteiger partial charge in [-0.1, -0.05) is 24.3 Å². The van der Waals surface area contributed by atoms with Gasteiger partial charge in [-0.05, 0) is 35.9 Å². The lowest BCUT2D eigenvalue weighted by atomic mass is 10.1. The summed E-state index contributed by atoms with van der Waals surface area (Å²) < 4.78 is 0. The number of nitrogens with one attached hydrogen (secondary N) is 1. The normalized spacial score (nSPS) is 18.3. The number of rotatable bonds is 1. The van der Waals surface area contributed by atoms with E-state index in [1.54, 1.807) is 6.08 Å². The van der Waals surface area contributed by atoms with Gasteiger partial charge in [-0.15, -0.1) is 0 Å². The Morgan fingerprint density at radius 1 is 1.27 bits per heavy atom. The van der Waals surface area contributed by atoms with Crippen LogP contribution in [0.2, 0.25) is 0 Å². The molecule has 3 nitrogen and oxygen atoms in total. The van der Waals surface area contributed by atoms with Crippen molar-refractivity contribution in [2.45, 2.75) is 6.92 Å². The summed E-state index contributed by atoms with van der Waals surface area (Å²) in [6.45, 7) is 1.96. The molecule has 4 heteroatoms. The van der Waals surface area contributed by atoms with Gasteiger partial charge in [0.2, 0.25) is 0 Å². The minimum atomic E-state index is -0.312. The Kier molecular flexibility index (Phi) is 2.60. The van der Waals surface area contributed by atoms with E-state index >= 15 is 0 Å². The Bertz CT molecular complexity index is 465. The molecule has 1 fully saturated rings. The first-order valence-electron chi connectivity index (χ1n) is 4.47. The maximum atomic E-state index is 11.3. The first-order chi connectivity index (χ1) is 7.16. The molecular weight excluding hydrogens is 210 g/mol. The SMILES string of the molecule is Cc1ccccc1/C=C1/SC(=O)NC1=O. The third-order valence-corrected chi connectivity index (χ3v) is 2.93. The molecule has 2 amide bonds. The highest BCUT2D eigenvalue weighted by atomic mass is 32.2. The van der Waals surface area contributed by atoms with Crippen molar-refractivity contribution in [3.63, 3.8) is 0 Å².